The molecule has 3 rings (SSSR count). The summed E-state index contributed by atoms with van der Waals surface area (Å²) in [6, 6.07) is 5.38. The van der Waals surface area contributed by atoms with Crippen LogP contribution in [-0.4, -0.2) is 34.0 Å². The molecule has 3 unspecified atom stereocenters. The lowest BCUT2D eigenvalue weighted by atomic mass is 9.98. The van der Waals surface area contributed by atoms with Gasteiger partial charge < -0.3 is 10.4 Å². The second-order valence-electron chi connectivity index (χ2n) is 5.77. The van der Waals surface area contributed by atoms with E-state index >= 15 is 0 Å². The van der Waals surface area contributed by atoms with Crippen molar-refractivity contribution in [2.24, 2.45) is 5.92 Å². The van der Waals surface area contributed by atoms with E-state index in [4.69, 9.17) is 23.2 Å². The third-order valence-corrected chi connectivity index (χ3v) is 6.32. The number of hydrogen-bond donors (Lipinski definition) is 2. The summed E-state index contributed by atoms with van der Waals surface area (Å²) in [5.74, 6) is -0.192. The van der Waals surface area contributed by atoms with Gasteiger partial charge in [0.25, 0.3) is 0 Å². The van der Waals surface area contributed by atoms with E-state index in [0.29, 0.717) is 28.6 Å². The van der Waals surface area contributed by atoms with E-state index in [0.717, 1.165) is 11.3 Å². The van der Waals surface area contributed by atoms with Crippen molar-refractivity contribution < 1.29 is 14.7 Å². The molecule has 1 aliphatic heterocycles. The Morgan fingerprint density at radius 1 is 1.36 bits per heavy atom. The first-order valence-corrected chi connectivity index (χ1v) is 8.93. The molecule has 1 saturated carbocycles. The van der Waals surface area contributed by atoms with Crippen LogP contribution in [0.1, 0.15) is 24.3 Å². The van der Waals surface area contributed by atoms with Gasteiger partial charge in [0.1, 0.15) is 5.54 Å². The largest absolute Gasteiger partial charge is 0.479 e. The van der Waals surface area contributed by atoms with Gasteiger partial charge in [0.2, 0.25) is 5.91 Å². The predicted molar refractivity (Wildman–Crippen MR) is 87.8 cm³/mol. The van der Waals surface area contributed by atoms with Crippen LogP contribution < -0.4 is 5.32 Å². The Labute approximate surface area is 142 Å². The Kier molecular flexibility index (Phi) is 4.32. The molecule has 118 valence electrons. The molecule has 7 heteroatoms. The molecule has 0 radical (unpaired) electrons. The average molecular weight is 360 g/mol. The quantitative estimate of drug-likeness (QED) is 0.866. The maximum Gasteiger partial charge on any atom is 0.330 e. The zero-order valence-electron chi connectivity index (χ0n) is 11.6. The van der Waals surface area contributed by atoms with Crippen LogP contribution in [0.2, 0.25) is 10.0 Å². The van der Waals surface area contributed by atoms with Crippen molar-refractivity contribution in [3.05, 3.63) is 33.8 Å². The molecular weight excluding hydrogens is 345 g/mol. The summed E-state index contributed by atoms with van der Waals surface area (Å²) in [4.78, 5) is 23.9. The van der Waals surface area contributed by atoms with Gasteiger partial charge in [0.15, 0.2) is 0 Å². The van der Waals surface area contributed by atoms with E-state index in [2.05, 4.69) is 5.32 Å². The van der Waals surface area contributed by atoms with Crippen LogP contribution >= 0.6 is 35.0 Å². The van der Waals surface area contributed by atoms with Gasteiger partial charge in [0, 0.05) is 11.7 Å². The topological polar surface area (TPSA) is 66.4 Å². The van der Waals surface area contributed by atoms with Crippen LogP contribution in [0.3, 0.4) is 0 Å². The number of amides is 1. The van der Waals surface area contributed by atoms with Crippen molar-refractivity contribution in [1.29, 1.82) is 0 Å². The number of carbonyl (C=O) groups excluding carboxylic acids is 1. The van der Waals surface area contributed by atoms with Gasteiger partial charge in [-0.3, -0.25) is 4.79 Å². The highest BCUT2D eigenvalue weighted by molar-refractivity contribution is 7.99. The first kappa shape index (κ1) is 16.0. The number of carbonyl (C=O) groups is 2. The van der Waals surface area contributed by atoms with E-state index in [-0.39, 0.29) is 17.7 Å². The standard InChI is InChI=1S/C15H15Cl2NO3S/c16-11-3-1-2-8(12(11)17)9-6-10(9)13(19)18-15(14(20)21)4-5-22-7-15/h1-3,9-10H,4-7H2,(H,18,19)(H,20,21). The number of carboxylic acid groups (broad SMARTS) is 1. The molecule has 2 N–H and O–H groups in total. The number of thioether (sulfide) groups is 1. The van der Waals surface area contributed by atoms with Gasteiger partial charge in [0.05, 0.1) is 10.0 Å². The molecule has 1 heterocycles. The van der Waals surface area contributed by atoms with Crippen LogP contribution in [0.5, 0.6) is 0 Å². The van der Waals surface area contributed by atoms with E-state index in [1.807, 2.05) is 12.1 Å². The second-order valence-corrected chi connectivity index (χ2v) is 7.66. The minimum atomic E-state index is -1.12. The number of rotatable bonds is 4. The zero-order chi connectivity index (χ0) is 15.9. The smallest absolute Gasteiger partial charge is 0.330 e. The summed E-state index contributed by atoms with van der Waals surface area (Å²) >= 11 is 13.7. The monoisotopic (exact) mass is 359 g/mol. The van der Waals surface area contributed by atoms with Gasteiger partial charge in [-0.1, -0.05) is 35.3 Å². The SMILES string of the molecule is O=C(NC1(C(=O)O)CCSC1)C1CC1c1cccc(Cl)c1Cl. The van der Waals surface area contributed by atoms with Gasteiger partial charge in [-0.15, -0.1) is 0 Å². The predicted octanol–water partition coefficient (Wildman–Crippen LogP) is 3.17. The minimum Gasteiger partial charge on any atom is -0.479 e. The highest BCUT2D eigenvalue weighted by atomic mass is 35.5. The lowest BCUT2D eigenvalue weighted by Crippen LogP contribution is -2.55. The number of carboxylic acids is 1. The zero-order valence-corrected chi connectivity index (χ0v) is 14.0. The van der Waals surface area contributed by atoms with Gasteiger partial charge in [-0.05, 0) is 36.1 Å². The molecule has 0 bridgehead atoms. The van der Waals surface area contributed by atoms with Crippen LogP contribution in [0.15, 0.2) is 18.2 Å². The lowest BCUT2D eigenvalue weighted by Gasteiger charge is -2.24. The molecule has 2 aliphatic rings. The Hall–Kier alpha value is -0.910. The summed E-state index contributed by atoms with van der Waals surface area (Å²) in [6.45, 7) is 0. The molecule has 4 nitrogen and oxygen atoms in total. The molecule has 0 spiro atoms. The van der Waals surface area contributed by atoms with Crippen molar-refractivity contribution in [2.75, 3.05) is 11.5 Å². The third kappa shape index (κ3) is 2.82. The average Bonchev–Trinajstić information content (AvgIpc) is 3.13. The lowest BCUT2D eigenvalue weighted by molar-refractivity contribution is -0.146. The second kappa shape index (κ2) is 5.95. The molecule has 1 aromatic carbocycles. The fourth-order valence-electron chi connectivity index (χ4n) is 2.85. The molecule has 22 heavy (non-hydrogen) atoms. The van der Waals surface area contributed by atoms with Crippen molar-refractivity contribution in [2.45, 2.75) is 24.3 Å². The molecule has 1 amide bonds. The Morgan fingerprint density at radius 3 is 2.77 bits per heavy atom. The van der Waals surface area contributed by atoms with Crippen LogP contribution in [0.4, 0.5) is 0 Å². The first-order valence-electron chi connectivity index (χ1n) is 7.02. The van der Waals surface area contributed by atoms with Crippen LogP contribution in [0.25, 0.3) is 0 Å². The fraction of sp³-hybridized carbons (Fsp3) is 0.467. The number of benzene rings is 1. The van der Waals surface area contributed by atoms with Crippen LogP contribution in [-0.2, 0) is 9.59 Å². The Balaban J connectivity index is 1.70. The molecule has 1 saturated heterocycles. The normalized spacial score (nSPS) is 30.1. The van der Waals surface area contributed by atoms with E-state index in [1.54, 1.807) is 17.8 Å². The summed E-state index contributed by atoms with van der Waals surface area (Å²) in [6.07, 6.45) is 1.14. The number of hydrogen-bond acceptors (Lipinski definition) is 3. The summed E-state index contributed by atoms with van der Waals surface area (Å²) < 4.78 is 0. The highest BCUT2D eigenvalue weighted by Crippen LogP contribution is 2.51. The van der Waals surface area contributed by atoms with Crippen molar-refractivity contribution >= 4 is 46.8 Å². The van der Waals surface area contributed by atoms with Gasteiger partial charge in [-0.2, -0.15) is 11.8 Å². The van der Waals surface area contributed by atoms with E-state index in [1.165, 1.54) is 0 Å². The maximum absolute atomic E-state index is 12.4. The summed E-state index contributed by atoms with van der Waals surface area (Å²) in [7, 11) is 0. The first-order chi connectivity index (χ1) is 10.4. The molecule has 0 aromatic heterocycles. The van der Waals surface area contributed by atoms with E-state index < -0.39 is 11.5 Å². The summed E-state index contributed by atoms with van der Waals surface area (Å²) in [5, 5.41) is 13.1. The molecule has 2 fully saturated rings. The number of aliphatic carboxylic acids is 1. The van der Waals surface area contributed by atoms with Crippen molar-refractivity contribution in [3.63, 3.8) is 0 Å². The third-order valence-electron chi connectivity index (χ3n) is 4.30. The molecule has 3 atom stereocenters. The highest BCUT2D eigenvalue weighted by Gasteiger charge is 2.50. The minimum absolute atomic E-state index is 0.0195. The van der Waals surface area contributed by atoms with Crippen molar-refractivity contribution in [1.82, 2.24) is 5.32 Å². The number of halogens is 2. The molecule has 1 aliphatic carbocycles. The Bertz CT molecular complexity index is 631. The summed E-state index contributed by atoms with van der Waals surface area (Å²) in [5.41, 5.74) is -0.257. The maximum atomic E-state index is 12.4. The van der Waals surface area contributed by atoms with Crippen molar-refractivity contribution in [3.8, 4) is 0 Å². The van der Waals surface area contributed by atoms with Gasteiger partial charge in [-0.25, -0.2) is 4.79 Å². The van der Waals surface area contributed by atoms with E-state index in [9.17, 15) is 14.7 Å². The number of nitrogens with one attached hydrogen (secondary N) is 1. The van der Waals surface area contributed by atoms with Crippen LogP contribution in [0, 0.1) is 5.92 Å². The molecule has 1 aromatic rings. The van der Waals surface area contributed by atoms with Gasteiger partial charge >= 0.3 is 5.97 Å². The Morgan fingerprint density at radius 2 is 2.14 bits per heavy atom. The fourth-order valence-corrected chi connectivity index (χ4v) is 4.62. The molecular formula is C15H15Cl2NO3S.